The van der Waals surface area contributed by atoms with Crippen LogP contribution in [0.1, 0.15) is 30.5 Å². The van der Waals surface area contributed by atoms with Gasteiger partial charge in [-0.3, -0.25) is 0 Å². The van der Waals surface area contributed by atoms with Crippen LogP contribution >= 0.6 is 0 Å². The van der Waals surface area contributed by atoms with E-state index in [0.717, 1.165) is 45.1 Å². The molecule has 0 atom stereocenters. The number of benzene rings is 5. The van der Waals surface area contributed by atoms with E-state index in [1.165, 1.54) is 11.1 Å². The third-order valence-electron chi connectivity index (χ3n) is 7.83. The fourth-order valence-electron chi connectivity index (χ4n) is 5.57. The van der Waals surface area contributed by atoms with Crippen LogP contribution in [0.4, 0.5) is 22.7 Å². The monoisotopic (exact) mass is 517 g/mol. The smallest absolute Gasteiger partial charge is 0.187 e. The third kappa shape index (κ3) is 4.17. The fraction of sp³-hybridized carbons (Fsp3) is 0.111. The van der Waals surface area contributed by atoms with Crippen molar-refractivity contribution in [1.29, 1.82) is 5.26 Å². The molecular formula is C36H27N3O. The predicted octanol–water partition coefficient (Wildman–Crippen LogP) is 9.56. The molecule has 0 spiro atoms. The van der Waals surface area contributed by atoms with Crippen molar-refractivity contribution in [3.63, 3.8) is 0 Å². The van der Waals surface area contributed by atoms with Crippen LogP contribution in [-0.2, 0) is 5.41 Å². The average Bonchev–Trinajstić information content (AvgIpc) is 3.01. The van der Waals surface area contributed by atoms with E-state index in [4.69, 9.17) is 11.3 Å². The van der Waals surface area contributed by atoms with Crippen LogP contribution in [0.5, 0.6) is 5.75 Å². The summed E-state index contributed by atoms with van der Waals surface area (Å²) in [6, 6.07) is 39.2. The van der Waals surface area contributed by atoms with E-state index in [9.17, 15) is 5.26 Å². The zero-order valence-electron chi connectivity index (χ0n) is 22.6. The van der Waals surface area contributed by atoms with E-state index in [0.29, 0.717) is 11.3 Å². The first kappa shape index (κ1) is 25.0. The molecule has 5 aromatic carbocycles. The second-order valence-electron chi connectivity index (χ2n) is 10.5. The minimum absolute atomic E-state index is 0.289. The maximum absolute atomic E-state index is 9.24. The molecule has 0 aliphatic carbocycles. The summed E-state index contributed by atoms with van der Waals surface area (Å²) >= 11 is 0. The number of anilines is 3. The standard InChI is InChI=1S/C36H27N3O/c1-36(2)32-21-27(25-7-5-24(23-37)6-8-25)11-19-34(32)39(30-15-17-31(40-4)18-16-30)35-20-12-28(22-33(35)36)26-9-13-29(38-3)14-10-26/h5-22H,1-2,4H3. The molecule has 0 amide bonds. The molecule has 40 heavy (non-hydrogen) atoms. The van der Waals surface area contributed by atoms with Crippen molar-refractivity contribution < 1.29 is 4.74 Å². The van der Waals surface area contributed by atoms with E-state index in [1.807, 2.05) is 60.7 Å². The Morgan fingerprint density at radius 3 is 1.68 bits per heavy atom. The molecule has 4 nitrogen and oxygen atoms in total. The SMILES string of the molecule is [C-]#[N+]c1ccc(-c2ccc3c(c2)C(C)(C)c2cc(-c4ccc(C#N)cc4)ccc2N3c2ccc(OC)cc2)cc1. The van der Waals surface area contributed by atoms with Crippen LogP contribution in [0.15, 0.2) is 109 Å². The second kappa shape index (κ2) is 9.77. The Kier molecular flexibility index (Phi) is 6.10. The predicted molar refractivity (Wildman–Crippen MR) is 162 cm³/mol. The number of nitriles is 1. The fourth-order valence-corrected chi connectivity index (χ4v) is 5.57. The van der Waals surface area contributed by atoms with Crippen molar-refractivity contribution in [1.82, 2.24) is 0 Å². The molecule has 1 aliphatic rings. The van der Waals surface area contributed by atoms with Gasteiger partial charge in [0, 0.05) is 11.1 Å². The van der Waals surface area contributed by atoms with Crippen LogP contribution < -0.4 is 9.64 Å². The zero-order chi connectivity index (χ0) is 27.9. The number of methoxy groups -OCH3 is 1. The Bertz CT molecular complexity index is 1690. The van der Waals surface area contributed by atoms with Gasteiger partial charge in [-0.1, -0.05) is 62.4 Å². The average molecular weight is 518 g/mol. The lowest BCUT2D eigenvalue weighted by Crippen LogP contribution is -2.30. The van der Waals surface area contributed by atoms with Crippen LogP contribution in [0, 0.1) is 17.9 Å². The molecule has 0 saturated carbocycles. The minimum atomic E-state index is -0.289. The van der Waals surface area contributed by atoms with Gasteiger partial charge in [0.2, 0.25) is 0 Å². The van der Waals surface area contributed by atoms with Gasteiger partial charge in [-0.15, -0.1) is 0 Å². The van der Waals surface area contributed by atoms with Crippen molar-refractivity contribution >= 4 is 22.7 Å². The van der Waals surface area contributed by atoms with Gasteiger partial charge in [-0.05, 0) is 94.0 Å². The Morgan fingerprint density at radius 2 is 1.20 bits per heavy atom. The molecule has 5 aromatic rings. The quantitative estimate of drug-likeness (QED) is 0.223. The highest BCUT2D eigenvalue weighted by Gasteiger charge is 2.37. The summed E-state index contributed by atoms with van der Waals surface area (Å²) in [4.78, 5) is 5.86. The number of rotatable bonds is 4. The Hall–Kier alpha value is -5.32. The van der Waals surface area contributed by atoms with Crippen LogP contribution in [0.2, 0.25) is 0 Å². The molecule has 0 bridgehead atoms. The van der Waals surface area contributed by atoms with Crippen LogP contribution in [0.25, 0.3) is 27.1 Å². The zero-order valence-corrected chi connectivity index (χ0v) is 22.6. The molecule has 0 N–H and O–H groups in total. The first-order valence-electron chi connectivity index (χ1n) is 13.1. The number of hydrogen-bond donors (Lipinski definition) is 0. The highest BCUT2D eigenvalue weighted by Crippen LogP contribution is 2.53. The maximum Gasteiger partial charge on any atom is 0.187 e. The van der Waals surface area contributed by atoms with Gasteiger partial charge >= 0.3 is 0 Å². The van der Waals surface area contributed by atoms with Crippen molar-refractivity contribution in [3.8, 4) is 34.1 Å². The van der Waals surface area contributed by atoms with Crippen LogP contribution in [0.3, 0.4) is 0 Å². The molecule has 6 rings (SSSR count). The van der Waals surface area contributed by atoms with Gasteiger partial charge in [-0.2, -0.15) is 5.26 Å². The van der Waals surface area contributed by atoms with Gasteiger partial charge in [0.15, 0.2) is 5.69 Å². The van der Waals surface area contributed by atoms with Gasteiger partial charge < -0.3 is 9.64 Å². The second-order valence-corrected chi connectivity index (χ2v) is 10.5. The summed E-state index contributed by atoms with van der Waals surface area (Å²) in [5, 5.41) is 9.24. The largest absolute Gasteiger partial charge is 0.497 e. The summed E-state index contributed by atoms with van der Waals surface area (Å²) in [7, 11) is 1.68. The summed E-state index contributed by atoms with van der Waals surface area (Å²) in [6.07, 6.45) is 0. The lowest BCUT2D eigenvalue weighted by Gasteiger charge is -2.42. The molecule has 4 heteroatoms. The summed E-state index contributed by atoms with van der Waals surface area (Å²) in [5.41, 5.74) is 11.2. The molecule has 0 fully saturated rings. The van der Waals surface area contributed by atoms with Gasteiger partial charge in [-0.25, -0.2) is 4.85 Å². The number of fused-ring (bicyclic) bond motifs is 2. The lowest BCUT2D eigenvalue weighted by atomic mass is 9.72. The minimum Gasteiger partial charge on any atom is -0.497 e. The third-order valence-corrected chi connectivity index (χ3v) is 7.83. The first-order valence-corrected chi connectivity index (χ1v) is 13.1. The van der Waals surface area contributed by atoms with Gasteiger partial charge in [0.1, 0.15) is 5.75 Å². The first-order chi connectivity index (χ1) is 19.4. The molecule has 1 heterocycles. The summed E-state index contributed by atoms with van der Waals surface area (Å²) in [5.74, 6) is 0.816. The molecule has 1 aliphatic heterocycles. The number of nitrogens with zero attached hydrogens (tertiary/aromatic N) is 3. The van der Waals surface area contributed by atoms with Gasteiger partial charge in [0.05, 0.1) is 36.7 Å². The topological polar surface area (TPSA) is 40.6 Å². The molecule has 0 saturated heterocycles. The summed E-state index contributed by atoms with van der Waals surface area (Å²) in [6.45, 7) is 11.9. The van der Waals surface area contributed by atoms with Crippen molar-refractivity contribution in [2.75, 3.05) is 12.0 Å². The summed E-state index contributed by atoms with van der Waals surface area (Å²) < 4.78 is 5.43. The van der Waals surface area contributed by atoms with E-state index in [1.54, 1.807) is 7.11 Å². The van der Waals surface area contributed by atoms with E-state index >= 15 is 0 Å². The van der Waals surface area contributed by atoms with Crippen molar-refractivity contribution in [2.45, 2.75) is 19.3 Å². The van der Waals surface area contributed by atoms with Crippen LogP contribution in [-0.4, -0.2) is 7.11 Å². The van der Waals surface area contributed by atoms with Crippen molar-refractivity contribution in [2.24, 2.45) is 0 Å². The highest BCUT2D eigenvalue weighted by molar-refractivity contribution is 5.89. The normalized spacial score (nSPS) is 13.0. The molecule has 192 valence electrons. The van der Waals surface area contributed by atoms with E-state index < -0.39 is 0 Å². The Morgan fingerprint density at radius 1 is 0.700 bits per heavy atom. The van der Waals surface area contributed by atoms with Crippen molar-refractivity contribution in [3.05, 3.63) is 137 Å². The highest BCUT2D eigenvalue weighted by atomic mass is 16.5. The number of hydrogen-bond acceptors (Lipinski definition) is 3. The lowest BCUT2D eigenvalue weighted by molar-refractivity contribution is 0.415. The maximum atomic E-state index is 9.24. The van der Waals surface area contributed by atoms with Gasteiger partial charge in [0.25, 0.3) is 0 Å². The molecule has 0 aromatic heterocycles. The molecular weight excluding hydrogens is 490 g/mol. The number of ether oxygens (including phenoxy) is 1. The molecule has 0 radical (unpaired) electrons. The van der Waals surface area contributed by atoms with E-state index in [2.05, 4.69) is 78.2 Å². The van der Waals surface area contributed by atoms with E-state index in [-0.39, 0.29) is 5.41 Å². The Balaban J connectivity index is 1.54. The molecule has 0 unspecified atom stereocenters. The Labute approximate surface area is 235 Å².